The summed E-state index contributed by atoms with van der Waals surface area (Å²) in [5.74, 6) is 0.812. The summed E-state index contributed by atoms with van der Waals surface area (Å²) in [4.78, 5) is 6.94. The Balaban J connectivity index is 0.00000420. The number of methoxy groups -OCH3 is 1. The van der Waals surface area contributed by atoms with Crippen LogP contribution in [0.5, 0.6) is 0 Å². The normalized spacial score (nSPS) is 11.4. The van der Waals surface area contributed by atoms with E-state index in [1.165, 1.54) is 0 Å². The van der Waals surface area contributed by atoms with Gasteiger partial charge in [-0.25, -0.2) is 9.67 Å². The van der Waals surface area contributed by atoms with Crippen LogP contribution in [0.1, 0.15) is 18.9 Å². The number of guanidine groups is 1. The number of nitrogens with zero attached hydrogens (tertiary/aromatic N) is 4. The van der Waals surface area contributed by atoms with Crippen molar-refractivity contribution in [3.63, 3.8) is 0 Å². The molecule has 1 heterocycles. The van der Waals surface area contributed by atoms with E-state index in [1.807, 2.05) is 41.3 Å². The quantitative estimate of drug-likeness (QED) is 0.201. The maximum absolute atomic E-state index is 5.94. The van der Waals surface area contributed by atoms with Crippen molar-refractivity contribution in [3.8, 4) is 5.69 Å². The van der Waals surface area contributed by atoms with Crippen molar-refractivity contribution in [2.75, 3.05) is 46.9 Å². The van der Waals surface area contributed by atoms with Crippen LogP contribution >= 0.6 is 35.6 Å². The van der Waals surface area contributed by atoms with Crippen LogP contribution in [0, 0.1) is 0 Å². The van der Waals surface area contributed by atoms with E-state index in [4.69, 9.17) is 16.3 Å². The number of hydrogen-bond donors (Lipinski definition) is 2. The Labute approximate surface area is 195 Å². The second kappa shape index (κ2) is 14.6. The SMILES string of the molecule is CCNC(=NCc1cnn(-c2ccc(Cl)cc2)c1)NCCN(C)CCCOC.I. The van der Waals surface area contributed by atoms with Crippen LogP contribution in [0.25, 0.3) is 5.69 Å². The summed E-state index contributed by atoms with van der Waals surface area (Å²) in [6.45, 7) is 7.04. The minimum atomic E-state index is 0. The van der Waals surface area contributed by atoms with Gasteiger partial charge in [-0.3, -0.25) is 0 Å². The molecule has 0 aliphatic heterocycles. The van der Waals surface area contributed by atoms with Crippen LogP contribution in [0.2, 0.25) is 5.02 Å². The monoisotopic (exact) mass is 534 g/mol. The van der Waals surface area contributed by atoms with Gasteiger partial charge in [-0.2, -0.15) is 5.10 Å². The van der Waals surface area contributed by atoms with Gasteiger partial charge in [0.2, 0.25) is 0 Å². The van der Waals surface area contributed by atoms with Crippen LogP contribution < -0.4 is 10.6 Å². The molecule has 0 saturated carbocycles. The molecule has 162 valence electrons. The number of ether oxygens (including phenoxy) is 1. The second-order valence-corrected chi connectivity index (χ2v) is 6.98. The largest absolute Gasteiger partial charge is 0.385 e. The molecule has 0 unspecified atom stereocenters. The Morgan fingerprint density at radius 1 is 1.24 bits per heavy atom. The highest BCUT2D eigenvalue weighted by atomic mass is 127. The molecule has 0 fully saturated rings. The molecule has 1 aromatic carbocycles. The van der Waals surface area contributed by atoms with Gasteiger partial charge in [0.15, 0.2) is 5.96 Å². The molecule has 0 amide bonds. The highest BCUT2D eigenvalue weighted by molar-refractivity contribution is 14.0. The zero-order valence-corrected chi connectivity index (χ0v) is 20.5. The van der Waals surface area contributed by atoms with E-state index in [0.29, 0.717) is 11.6 Å². The van der Waals surface area contributed by atoms with E-state index in [2.05, 4.69) is 39.6 Å². The van der Waals surface area contributed by atoms with Gasteiger partial charge in [-0.15, -0.1) is 24.0 Å². The lowest BCUT2D eigenvalue weighted by atomic mass is 10.3. The van der Waals surface area contributed by atoms with E-state index in [0.717, 1.165) is 56.4 Å². The van der Waals surface area contributed by atoms with Crippen molar-refractivity contribution in [3.05, 3.63) is 47.2 Å². The zero-order chi connectivity index (χ0) is 20.2. The molecule has 7 nitrogen and oxygen atoms in total. The molecule has 2 aromatic rings. The molecule has 0 radical (unpaired) electrons. The predicted octanol–water partition coefficient (Wildman–Crippen LogP) is 3.17. The highest BCUT2D eigenvalue weighted by Crippen LogP contribution is 2.13. The fourth-order valence-corrected chi connectivity index (χ4v) is 2.77. The van der Waals surface area contributed by atoms with Gasteiger partial charge in [-0.1, -0.05) is 11.6 Å². The van der Waals surface area contributed by atoms with Gasteiger partial charge >= 0.3 is 0 Å². The second-order valence-electron chi connectivity index (χ2n) is 6.54. The highest BCUT2D eigenvalue weighted by Gasteiger charge is 2.03. The standard InChI is InChI=1S/C20H31ClN6O.HI/c1-4-22-20(23-10-12-26(2)11-5-13-28-3)24-14-17-15-25-27(16-17)19-8-6-18(21)7-9-19;/h6-9,15-16H,4-5,10-14H2,1-3H3,(H2,22,23,24);1H. The summed E-state index contributed by atoms with van der Waals surface area (Å²) < 4.78 is 6.92. The first-order valence-corrected chi connectivity index (χ1v) is 9.99. The zero-order valence-electron chi connectivity index (χ0n) is 17.4. The molecule has 0 saturated heterocycles. The summed E-state index contributed by atoms with van der Waals surface area (Å²) in [5, 5.41) is 11.8. The van der Waals surface area contributed by atoms with Crippen molar-refractivity contribution >= 4 is 41.5 Å². The van der Waals surface area contributed by atoms with Gasteiger partial charge in [0.1, 0.15) is 0 Å². The topological polar surface area (TPSA) is 66.7 Å². The number of halogens is 2. The minimum Gasteiger partial charge on any atom is -0.385 e. The van der Waals surface area contributed by atoms with Gasteiger partial charge in [0, 0.05) is 56.7 Å². The molecule has 1 aromatic heterocycles. The summed E-state index contributed by atoms with van der Waals surface area (Å²) in [5.41, 5.74) is 2.02. The lowest BCUT2D eigenvalue weighted by molar-refractivity contribution is 0.180. The molecule has 9 heteroatoms. The summed E-state index contributed by atoms with van der Waals surface area (Å²) in [6, 6.07) is 7.60. The molecular weight excluding hydrogens is 503 g/mol. The van der Waals surface area contributed by atoms with Crippen LogP contribution in [0.4, 0.5) is 0 Å². The lowest BCUT2D eigenvalue weighted by Crippen LogP contribution is -2.41. The number of nitrogens with one attached hydrogen (secondary N) is 2. The summed E-state index contributed by atoms with van der Waals surface area (Å²) >= 11 is 5.94. The fraction of sp³-hybridized carbons (Fsp3) is 0.500. The molecule has 0 aliphatic rings. The average molecular weight is 535 g/mol. The van der Waals surface area contributed by atoms with Crippen molar-refractivity contribution < 1.29 is 4.74 Å². The van der Waals surface area contributed by atoms with Crippen LogP contribution in [-0.2, 0) is 11.3 Å². The Hall–Kier alpha value is -1.36. The van der Waals surface area contributed by atoms with Gasteiger partial charge in [0.25, 0.3) is 0 Å². The Kier molecular flexibility index (Phi) is 12.9. The molecular formula is C20H32ClIN6O. The van der Waals surface area contributed by atoms with E-state index >= 15 is 0 Å². The summed E-state index contributed by atoms with van der Waals surface area (Å²) in [7, 11) is 3.85. The number of likely N-dealkylation sites (N-methyl/N-ethyl adjacent to an activating group) is 1. The molecule has 29 heavy (non-hydrogen) atoms. The average Bonchev–Trinajstić information content (AvgIpc) is 3.16. The minimum absolute atomic E-state index is 0. The molecule has 0 bridgehead atoms. The summed E-state index contributed by atoms with van der Waals surface area (Å²) in [6.07, 6.45) is 4.86. The number of aliphatic imine (C=N–C) groups is 1. The number of rotatable bonds is 11. The number of benzene rings is 1. The van der Waals surface area contributed by atoms with E-state index in [9.17, 15) is 0 Å². The maximum atomic E-state index is 5.94. The van der Waals surface area contributed by atoms with Crippen LogP contribution in [0.15, 0.2) is 41.7 Å². The third-order valence-electron chi connectivity index (χ3n) is 4.17. The Morgan fingerprint density at radius 3 is 2.69 bits per heavy atom. The van der Waals surface area contributed by atoms with Gasteiger partial charge < -0.3 is 20.3 Å². The van der Waals surface area contributed by atoms with Gasteiger partial charge in [-0.05, 0) is 44.7 Å². The molecule has 2 rings (SSSR count). The molecule has 0 atom stereocenters. The molecule has 0 aliphatic carbocycles. The van der Waals surface area contributed by atoms with Crippen molar-refractivity contribution in [1.29, 1.82) is 0 Å². The smallest absolute Gasteiger partial charge is 0.191 e. The third-order valence-corrected chi connectivity index (χ3v) is 4.42. The first-order valence-electron chi connectivity index (χ1n) is 9.61. The van der Waals surface area contributed by atoms with Crippen molar-refractivity contribution in [1.82, 2.24) is 25.3 Å². The van der Waals surface area contributed by atoms with E-state index in [1.54, 1.807) is 7.11 Å². The molecule has 0 spiro atoms. The fourth-order valence-electron chi connectivity index (χ4n) is 2.64. The molecule has 2 N–H and O–H groups in total. The Morgan fingerprint density at radius 2 is 2.00 bits per heavy atom. The van der Waals surface area contributed by atoms with Crippen molar-refractivity contribution in [2.45, 2.75) is 19.9 Å². The third kappa shape index (κ3) is 9.79. The number of aromatic nitrogens is 2. The van der Waals surface area contributed by atoms with E-state index in [-0.39, 0.29) is 24.0 Å². The first-order chi connectivity index (χ1) is 13.6. The maximum Gasteiger partial charge on any atom is 0.191 e. The van der Waals surface area contributed by atoms with Crippen LogP contribution in [0.3, 0.4) is 0 Å². The predicted molar refractivity (Wildman–Crippen MR) is 131 cm³/mol. The van der Waals surface area contributed by atoms with Crippen molar-refractivity contribution in [2.24, 2.45) is 4.99 Å². The lowest BCUT2D eigenvalue weighted by Gasteiger charge is -2.18. The number of hydrogen-bond acceptors (Lipinski definition) is 4. The van der Waals surface area contributed by atoms with E-state index < -0.39 is 0 Å². The van der Waals surface area contributed by atoms with Gasteiger partial charge in [0.05, 0.1) is 18.4 Å². The Bertz CT molecular complexity index is 722. The van der Waals surface area contributed by atoms with Crippen LogP contribution in [-0.4, -0.2) is 67.6 Å². The first kappa shape index (κ1) is 25.7.